The molecule has 0 bridgehead atoms. The zero-order valence-electron chi connectivity index (χ0n) is 30.5. The van der Waals surface area contributed by atoms with Crippen molar-refractivity contribution in [2.45, 2.75) is 0 Å². The van der Waals surface area contributed by atoms with Crippen LogP contribution in [0.5, 0.6) is 0 Å². The molecule has 0 N–H and O–H groups in total. The SMILES string of the molecule is c1ccc(-c2cc(-c3ccc4c(c3)c3ccccc3n4-c3cnc4oc5ccc(-n6c7ccccc7c7ccccc76)cc5c4c3)nc(-c3ccccc3)n2)cc1. The number of nitrogens with zero attached hydrogens (tertiary/aromatic N) is 5. The molecule has 0 amide bonds. The van der Waals surface area contributed by atoms with E-state index in [0.717, 1.165) is 77.6 Å². The van der Waals surface area contributed by atoms with Crippen LogP contribution in [0.4, 0.5) is 0 Å². The third kappa shape index (κ3) is 4.94. The van der Waals surface area contributed by atoms with Crippen molar-refractivity contribution in [3.8, 4) is 45.3 Å². The number of hydrogen-bond acceptors (Lipinski definition) is 4. The Balaban J connectivity index is 1.03. The summed E-state index contributed by atoms with van der Waals surface area (Å²) in [6.07, 6.45) is 1.92. The minimum absolute atomic E-state index is 0.614. The van der Waals surface area contributed by atoms with Crippen molar-refractivity contribution in [2.75, 3.05) is 0 Å². The van der Waals surface area contributed by atoms with Gasteiger partial charge in [-0.25, -0.2) is 15.0 Å². The first-order valence-electron chi connectivity index (χ1n) is 19.1. The fourth-order valence-electron chi connectivity index (χ4n) is 8.58. The van der Waals surface area contributed by atoms with Crippen molar-refractivity contribution in [3.05, 3.63) is 188 Å². The molecule has 0 aliphatic heterocycles. The molecule has 57 heavy (non-hydrogen) atoms. The summed E-state index contributed by atoms with van der Waals surface area (Å²) in [5.41, 5.74) is 12.8. The van der Waals surface area contributed by atoms with Gasteiger partial charge in [-0.15, -0.1) is 0 Å². The van der Waals surface area contributed by atoms with E-state index in [9.17, 15) is 0 Å². The van der Waals surface area contributed by atoms with E-state index in [1.54, 1.807) is 0 Å². The van der Waals surface area contributed by atoms with Gasteiger partial charge in [-0.3, -0.25) is 0 Å². The second-order valence-electron chi connectivity index (χ2n) is 14.5. The maximum absolute atomic E-state index is 6.35. The number of furan rings is 1. The van der Waals surface area contributed by atoms with E-state index in [-0.39, 0.29) is 0 Å². The molecule has 0 aliphatic carbocycles. The summed E-state index contributed by atoms with van der Waals surface area (Å²) in [4.78, 5) is 15.1. The Morgan fingerprint density at radius 2 is 0.912 bits per heavy atom. The first kappa shape index (κ1) is 31.5. The highest BCUT2D eigenvalue weighted by molar-refractivity contribution is 6.12. The second-order valence-corrected chi connectivity index (χ2v) is 14.5. The molecule has 5 heterocycles. The monoisotopic (exact) mass is 729 g/mol. The zero-order valence-corrected chi connectivity index (χ0v) is 30.5. The molecule has 0 radical (unpaired) electrons. The summed E-state index contributed by atoms with van der Waals surface area (Å²) < 4.78 is 11.0. The molecule has 0 saturated heterocycles. The highest BCUT2D eigenvalue weighted by atomic mass is 16.3. The van der Waals surface area contributed by atoms with Gasteiger partial charge in [0.25, 0.3) is 0 Å². The van der Waals surface area contributed by atoms with Crippen molar-refractivity contribution >= 4 is 65.7 Å². The van der Waals surface area contributed by atoms with E-state index in [4.69, 9.17) is 19.4 Å². The van der Waals surface area contributed by atoms with Crippen molar-refractivity contribution in [1.82, 2.24) is 24.1 Å². The van der Waals surface area contributed by atoms with Gasteiger partial charge in [0.2, 0.25) is 5.71 Å². The Labute approximate surface area is 326 Å². The molecule has 0 spiro atoms. The Morgan fingerprint density at radius 3 is 1.60 bits per heavy atom. The lowest BCUT2D eigenvalue weighted by Gasteiger charge is -2.10. The van der Waals surface area contributed by atoms with Crippen LogP contribution in [0, 0.1) is 0 Å². The Hall–Kier alpha value is -7.83. The molecule has 0 atom stereocenters. The van der Waals surface area contributed by atoms with E-state index in [1.807, 2.05) is 42.6 Å². The van der Waals surface area contributed by atoms with Gasteiger partial charge in [0.15, 0.2) is 5.82 Å². The van der Waals surface area contributed by atoms with Crippen LogP contribution < -0.4 is 0 Å². The second kappa shape index (κ2) is 12.3. The van der Waals surface area contributed by atoms with Crippen LogP contribution in [-0.4, -0.2) is 24.1 Å². The van der Waals surface area contributed by atoms with Crippen molar-refractivity contribution < 1.29 is 4.42 Å². The van der Waals surface area contributed by atoms with Gasteiger partial charge in [0.1, 0.15) is 5.58 Å². The summed E-state index contributed by atoms with van der Waals surface area (Å²) in [6, 6.07) is 63.6. The van der Waals surface area contributed by atoms with Crippen molar-refractivity contribution in [1.29, 1.82) is 0 Å². The lowest BCUT2D eigenvalue weighted by Crippen LogP contribution is -1.96. The summed E-state index contributed by atoms with van der Waals surface area (Å²) in [6.45, 7) is 0. The molecule has 7 aromatic carbocycles. The Morgan fingerprint density at radius 1 is 0.368 bits per heavy atom. The standard InChI is InChI=1S/C51H31N5O/c1-3-13-32(14-4-1)43-30-44(54-50(53-43)33-15-5-2-6-16-33)34-23-25-48-40(27-34)39-19-9-12-22-47(39)56(48)36-29-42-41-28-35(24-26-49(41)57-51(42)52-31-36)55-45-20-10-7-17-37(45)38-18-8-11-21-46(38)55/h1-31H. The minimum Gasteiger partial charge on any atom is -0.438 e. The fourth-order valence-corrected chi connectivity index (χ4v) is 8.58. The number of benzene rings is 7. The maximum atomic E-state index is 6.35. The van der Waals surface area contributed by atoms with Crippen LogP contribution in [0.2, 0.25) is 0 Å². The average Bonchev–Trinajstić information content (AvgIpc) is 3.94. The lowest BCUT2D eigenvalue weighted by atomic mass is 10.0. The van der Waals surface area contributed by atoms with Crippen molar-refractivity contribution in [2.24, 2.45) is 0 Å². The Bertz CT molecular complexity index is 3410. The lowest BCUT2D eigenvalue weighted by molar-refractivity contribution is 0.654. The van der Waals surface area contributed by atoms with E-state index in [1.165, 1.54) is 21.8 Å². The highest BCUT2D eigenvalue weighted by Crippen LogP contribution is 2.39. The first-order valence-corrected chi connectivity index (χ1v) is 19.1. The number of aromatic nitrogens is 5. The number of fused-ring (bicyclic) bond motifs is 9. The minimum atomic E-state index is 0.614. The molecular formula is C51H31N5O. The van der Waals surface area contributed by atoms with E-state index < -0.39 is 0 Å². The molecule has 0 unspecified atom stereocenters. The van der Waals surface area contributed by atoms with E-state index in [2.05, 4.69) is 155 Å². The van der Waals surface area contributed by atoms with Crippen LogP contribution in [0.3, 0.4) is 0 Å². The molecular weight excluding hydrogens is 699 g/mol. The smallest absolute Gasteiger partial charge is 0.227 e. The predicted octanol–water partition coefficient (Wildman–Crippen LogP) is 13.0. The van der Waals surface area contributed by atoms with E-state index >= 15 is 0 Å². The summed E-state index contributed by atoms with van der Waals surface area (Å²) in [5.74, 6) is 0.697. The summed E-state index contributed by atoms with van der Waals surface area (Å²) in [7, 11) is 0. The topological polar surface area (TPSA) is 61.7 Å². The normalized spacial score (nSPS) is 11.9. The van der Waals surface area contributed by atoms with Gasteiger partial charge in [-0.05, 0) is 60.7 Å². The quantitative estimate of drug-likeness (QED) is 0.177. The zero-order chi connectivity index (χ0) is 37.5. The summed E-state index contributed by atoms with van der Waals surface area (Å²) in [5, 5.41) is 6.74. The molecule has 12 rings (SSSR count). The maximum Gasteiger partial charge on any atom is 0.227 e. The van der Waals surface area contributed by atoms with Gasteiger partial charge >= 0.3 is 0 Å². The first-order chi connectivity index (χ1) is 28.2. The Kier molecular flexibility index (Phi) is 6.83. The number of para-hydroxylation sites is 3. The third-order valence-electron chi connectivity index (χ3n) is 11.2. The largest absolute Gasteiger partial charge is 0.438 e. The molecule has 0 fully saturated rings. The predicted molar refractivity (Wildman–Crippen MR) is 232 cm³/mol. The fraction of sp³-hybridized carbons (Fsp3) is 0. The molecule has 0 saturated carbocycles. The highest BCUT2D eigenvalue weighted by Gasteiger charge is 2.19. The third-order valence-corrected chi connectivity index (χ3v) is 11.2. The molecule has 12 aromatic rings. The van der Waals surface area contributed by atoms with Gasteiger partial charge in [0.05, 0.1) is 50.7 Å². The van der Waals surface area contributed by atoms with Crippen molar-refractivity contribution in [3.63, 3.8) is 0 Å². The number of rotatable bonds is 5. The molecule has 5 aromatic heterocycles. The van der Waals surface area contributed by atoms with Crippen LogP contribution in [0.25, 0.3) is 111 Å². The molecule has 266 valence electrons. The number of hydrogen-bond donors (Lipinski definition) is 0. The van der Waals surface area contributed by atoms with Gasteiger partial charge in [-0.2, -0.15) is 0 Å². The van der Waals surface area contributed by atoms with Crippen LogP contribution in [-0.2, 0) is 0 Å². The van der Waals surface area contributed by atoms with Crippen LogP contribution >= 0.6 is 0 Å². The van der Waals surface area contributed by atoms with E-state index in [0.29, 0.717) is 11.5 Å². The van der Waals surface area contributed by atoms with Gasteiger partial charge in [-0.1, -0.05) is 121 Å². The number of pyridine rings is 1. The van der Waals surface area contributed by atoms with Gasteiger partial charge in [0, 0.05) is 49.3 Å². The molecule has 6 heteroatoms. The van der Waals surface area contributed by atoms with Crippen LogP contribution in [0.1, 0.15) is 0 Å². The van der Waals surface area contributed by atoms with Crippen LogP contribution in [0.15, 0.2) is 193 Å². The average molecular weight is 730 g/mol. The molecule has 6 nitrogen and oxygen atoms in total. The molecule has 0 aliphatic rings. The van der Waals surface area contributed by atoms with Gasteiger partial charge < -0.3 is 13.6 Å². The summed E-state index contributed by atoms with van der Waals surface area (Å²) >= 11 is 0.